The minimum atomic E-state index is 0.650. The molecule has 11 rings (SSSR count). The molecule has 3 heterocycles. The number of nitrogens with zero attached hydrogens (tertiary/aromatic N) is 3. The van der Waals surface area contributed by atoms with Crippen LogP contribution >= 0.6 is 0 Å². The van der Waals surface area contributed by atoms with E-state index in [0.717, 1.165) is 99.3 Å². The Morgan fingerprint density at radius 1 is 0.393 bits per heavy atom. The summed E-state index contributed by atoms with van der Waals surface area (Å²) < 4.78 is 8.48. The average Bonchev–Trinajstić information content (AvgIpc) is 3.83. The summed E-state index contributed by atoms with van der Waals surface area (Å²) >= 11 is 0. The number of furan rings is 1. The number of hydrogen-bond donors (Lipinski definition) is 0. The minimum absolute atomic E-state index is 0.650. The van der Waals surface area contributed by atoms with E-state index >= 15 is 0 Å². The summed E-state index contributed by atoms with van der Waals surface area (Å²) in [5.41, 5.74) is 13.7. The molecule has 0 amide bonds. The molecular formula is C52H37N3O. The van der Waals surface area contributed by atoms with Crippen molar-refractivity contribution in [3.8, 4) is 50.6 Å². The van der Waals surface area contributed by atoms with Gasteiger partial charge in [-0.1, -0.05) is 159 Å². The van der Waals surface area contributed by atoms with Crippen LogP contribution in [0.25, 0.3) is 105 Å². The fourth-order valence-electron chi connectivity index (χ4n) is 8.09. The van der Waals surface area contributed by atoms with Gasteiger partial charge in [-0.2, -0.15) is 0 Å². The lowest BCUT2D eigenvalue weighted by atomic mass is 9.95. The van der Waals surface area contributed by atoms with Crippen LogP contribution in [0.15, 0.2) is 192 Å². The van der Waals surface area contributed by atoms with Crippen molar-refractivity contribution in [2.75, 3.05) is 0 Å². The van der Waals surface area contributed by atoms with Crippen LogP contribution in [-0.2, 0) is 0 Å². The van der Waals surface area contributed by atoms with Crippen LogP contribution in [-0.4, -0.2) is 14.5 Å². The molecule has 0 bridgehead atoms. The zero-order chi connectivity index (χ0) is 37.6. The van der Waals surface area contributed by atoms with E-state index in [1.54, 1.807) is 0 Å². The second-order valence-corrected chi connectivity index (χ2v) is 13.8. The highest BCUT2D eigenvalue weighted by molar-refractivity contribution is 6.14. The van der Waals surface area contributed by atoms with Gasteiger partial charge in [0.1, 0.15) is 11.2 Å². The van der Waals surface area contributed by atoms with E-state index in [1.807, 2.05) is 38.1 Å². The van der Waals surface area contributed by atoms with Crippen molar-refractivity contribution in [1.82, 2.24) is 14.5 Å². The van der Waals surface area contributed by atoms with Crippen LogP contribution in [0.1, 0.15) is 13.8 Å². The second kappa shape index (κ2) is 13.8. The van der Waals surface area contributed by atoms with Crippen LogP contribution in [0, 0.1) is 0 Å². The predicted molar refractivity (Wildman–Crippen MR) is 234 cm³/mol. The van der Waals surface area contributed by atoms with E-state index < -0.39 is 0 Å². The largest absolute Gasteiger partial charge is 0.456 e. The molecular weight excluding hydrogens is 683 g/mol. The summed E-state index contributed by atoms with van der Waals surface area (Å²) in [4.78, 5) is 10.5. The Bertz CT molecular complexity index is 3230. The van der Waals surface area contributed by atoms with Gasteiger partial charge in [-0.15, -0.1) is 0 Å². The van der Waals surface area contributed by atoms with Crippen LogP contribution in [0.4, 0.5) is 0 Å². The minimum Gasteiger partial charge on any atom is -0.456 e. The van der Waals surface area contributed by atoms with Gasteiger partial charge in [0.05, 0.1) is 22.2 Å². The fraction of sp³-hybridized carbons (Fsp3) is 0.0385. The molecule has 4 nitrogen and oxygen atoms in total. The van der Waals surface area contributed by atoms with Crippen molar-refractivity contribution in [1.29, 1.82) is 0 Å². The Balaban J connectivity index is 0.00000189. The number of aromatic nitrogens is 3. The van der Waals surface area contributed by atoms with Gasteiger partial charge in [0.2, 0.25) is 5.95 Å². The Labute approximate surface area is 325 Å². The number of benzene rings is 8. The van der Waals surface area contributed by atoms with Crippen molar-refractivity contribution in [2.45, 2.75) is 13.8 Å². The van der Waals surface area contributed by atoms with E-state index in [9.17, 15) is 0 Å². The molecule has 4 heteroatoms. The zero-order valence-electron chi connectivity index (χ0n) is 31.1. The molecule has 11 aromatic rings. The van der Waals surface area contributed by atoms with Gasteiger partial charge in [-0.05, 0) is 70.3 Å². The van der Waals surface area contributed by atoms with Gasteiger partial charge in [0.25, 0.3) is 0 Å². The summed E-state index contributed by atoms with van der Waals surface area (Å²) in [6.07, 6.45) is 0. The third kappa shape index (κ3) is 5.54. The fourth-order valence-corrected chi connectivity index (χ4v) is 8.09. The number of hydrogen-bond acceptors (Lipinski definition) is 3. The molecule has 0 aliphatic rings. The van der Waals surface area contributed by atoms with Crippen molar-refractivity contribution in [3.63, 3.8) is 0 Å². The maximum absolute atomic E-state index is 6.23. The van der Waals surface area contributed by atoms with Crippen molar-refractivity contribution >= 4 is 54.6 Å². The molecule has 0 fully saturated rings. The molecule has 0 N–H and O–H groups in total. The van der Waals surface area contributed by atoms with Crippen molar-refractivity contribution < 1.29 is 4.42 Å². The molecule has 0 saturated carbocycles. The highest BCUT2D eigenvalue weighted by Gasteiger charge is 2.20. The van der Waals surface area contributed by atoms with E-state index in [0.29, 0.717) is 5.95 Å². The third-order valence-corrected chi connectivity index (χ3v) is 10.6. The first kappa shape index (κ1) is 33.3. The molecule has 0 aliphatic carbocycles. The lowest BCUT2D eigenvalue weighted by Gasteiger charge is -2.14. The summed E-state index contributed by atoms with van der Waals surface area (Å²) in [6.45, 7) is 4.00. The summed E-state index contributed by atoms with van der Waals surface area (Å²) in [5, 5.41) is 5.63. The molecule has 0 spiro atoms. The van der Waals surface area contributed by atoms with Crippen LogP contribution in [0.5, 0.6) is 0 Å². The van der Waals surface area contributed by atoms with E-state index in [-0.39, 0.29) is 0 Å². The summed E-state index contributed by atoms with van der Waals surface area (Å²) in [6, 6.07) is 66.2. The smallest absolute Gasteiger partial charge is 0.235 e. The summed E-state index contributed by atoms with van der Waals surface area (Å²) in [7, 11) is 0. The van der Waals surface area contributed by atoms with Gasteiger partial charge >= 0.3 is 0 Å². The van der Waals surface area contributed by atoms with Crippen LogP contribution in [0.2, 0.25) is 0 Å². The van der Waals surface area contributed by atoms with Gasteiger partial charge in [-0.3, -0.25) is 4.57 Å². The van der Waals surface area contributed by atoms with Crippen molar-refractivity contribution in [2.24, 2.45) is 0 Å². The lowest BCUT2D eigenvalue weighted by Crippen LogP contribution is -2.04. The Morgan fingerprint density at radius 3 is 1.77 bits per heavy atom. The van der Waals surface area contributed by atoms with Crippen LogP contribution < -0.4 is 0 Å². The molecule has 56 heavy (non-hydrogen) atoms. The molecule has 0 saturated heterocycles. The van der Waals surface area contributed by atoms with Gasteiger partial charge in [-0.25, -0.2) is 9.97 Å². The maximum Gasteiger partial charge on any atom is 0.235 e. The second-order valence-electron chi connectivity index (χ2n) is 13.8. The lowest BCUT2D eigenvalue weighted by molar-refractivity contribution is 0.669. The molecule has 266 valence electrons. The highest BCUT2D eigenvalue weighted by Crippen LogP contribution is 2.40. The Kier molecular flexibility index (Phi) is 8.23. The Hall–Kier alpha value is -7.30. The maximum atomic E-state index is 6.23. The molecule has 0 aliphatic heterocycles. The van der Waals surface area contributed by atoms with Crippen LogP contribution in [0.3, 0.4) is 0 Å². The summed E-state index contributed by atoms with van der Waals surface area (Å²) in [5.74, 6) is 0.650. The number of fused-ring (bicyclic) bond motifs is 7. The van der Waals surface area contributed by atoms with E-state index in [1.165, 1.54) is 0 Å². The standard InChI is InChI=1S/C50H31N3O.C2H6/c1-2-13-32(14-3-1)48-43-21-4-7-24-44(43)51-50(52-48)53-45-25-8-5-19-39(45)42-23-12-22-38(49(42)53)37-18-11-17-35(30-37)33-15-10-16-34(29-33)36-27-28-41-40-20-6-9-26-46(40)54-47(41)31-36;1-2/h1-31H;1-2H3. The normalized spacial score (nSPS) is 11.4. The van der Waals surface area contributed by atoms with Gasteiger partial charge < -0.3 is 4.42 Å². The average molecular weight is 720 g/mol. The van der Waals surface area contributed by atoms with E-state index in [2.05, 4.69) is 168 Å². The SMILES string of the molecule is CC.c1ccc(-c2nc(-n3c4ccccc4c4cccc(-c5cccc(-c6cccc(-c7ccc8c(c7)oc7ccccc78)c6)c5)c43)nc3ccccc23)cc1. The molecule has 0 unspecified atom stereocenters. The number of para-hydroxylation sites is 4. The molecule has 3 aromatic heterocycles. The predicted octanol–water partition coefficient (Wildman–Crippen LogP) is 14.3. The molecule has 0 radical (unpaired) electrons. The monoisotopic (exact) mass is 719 g/mol. The molecule has 8 aromatic carbocycles. The quantitative estimate of drug-likeness (QED) is 0.178. The topological polar surface area (TPSA) is 43.9 Å². The third-order valence-electron chi connectivity index (χ3n) is 10.6. The zero-order valence-corrected chi connectivity index (χ0v) is 31.1. The first-order valence-electron chi connectivity index (χ1n) is 19.2. The molecule has 0 atom stereocenters. The first-order valence-corrected chi connectivity index (χ1v) is 19.2. The highest BCUT2D eigenvalue weighted by atomic mass is 16.3. The number of rotatable bonds is 5. The van der Waals surface area contributed by atoms with Gasteiger partial charge in [0, 0.05) is 38.1 Å². The Morgan fingerprint density at radius 2 is 0.964 bits per heavy atom. The van der Waals surface area contributed by atoms with Crippen molar-refractivity contribution in [3.05, 3.63) is 188 Å². The van der Waals surface area contributed by atoms with Gasteiger partial charge in [0.15, 0.2) is 0 Å². The van der Waals surface area contributed by atoms with E-state index in [4.69, 9.17) is 14.4 Å². The first-order chi connectivity index (χ1) is 27.8.